The zero-order valence-corrected chi connectivity index (χ0v) is 10.2. The van der Waals surface area contributed by atoms with E-state index in [4.69, 9.17) is 21.4 Å². The van der Waals surface area contributed by atoms with Gasteiger partial charge in [0.25, 0.3) is 0 Å². The van der Waals surface area contributed by atoms with Crippen LogP contribution < -0.4 is 0 Å². The number of aliphatic carboxylic acids is 1. The number of halogens is 1. The molecule has 0 heterocycles. The Hall–Kier alpha value is -1.06. The molecule has 0 bridgehead atoms. The third-order valence-corrected chi connectivity index (χ3v) is 2.76. The van der Waals surface area contributed by atoms with Crippen LogP contribution in [0.1, 0.15) is 16.7 Å². The number of carboxylic acids is 1. The Balaban J connectivity index is 2.54. The Morgan fingerprint density at radius 3 is 2.62 bits per heavy atom. The number of carboxylic acid groups (broad SMARTS) is 1. The standard InChI is InChI=1S/C12H15ClO3/c1-8-5-10(11(13)6-9(8)2)3-4-16-7-12(14)15/h5-6H,3-4,7H2,1-2H3,(H,14,15). The molecule has 0 aliphatic rings. The maximum Gasteiger partial charge on any atom is 0.329 e. The summed E-state index contributed by atoms with van der Waals surface area (Å²) in [7, 11) is 0. The van der Waals surface area contributed by atoms with Crippen molar-refractivity contribution in [2.75, 3.05) is 13.2 Å². The lowest BCUT2D eigenvalue weighted by atomic mass is 10.0. The number of ether oxygens (including phenoxy) is 1. The fourth-order valence-corrected chi connectivity index (χ4v) is 1.69. The van der Waals surface area contributed by atoms with Crippen LogP contribution in [0.3, 0.4) is 0 Å². The summed E-state index contributed by atoms with van der Waals surface area (Å²) in [5, 5.41) is 9.10. The lowest BCUT2D eigenvalue weighted by Crippen LogP contribution is -2.09. The van der Waals surface area contributed by atoms with Crippen LogP contribution in [0.15, 0.2) is 12.1 Å². The van der Waals surface area contributed by atoms with Gasteiger partial charge in [-0.1, -0.05) is 17.7 Å². The van der Waals surface area contributed by atoms with Gasteiger partial charge in [0.05, 0.1) is 6.61 Å². The predicted molar refractivity (Wildman–Crippen MR) is 63.1 cm³/mol. The summed E-state index contributed by atoms with van der Waals surface area (Å²) in [6.07, 6.45) is 0.632. The fraction of sp³-hybridized carbons (Fsp3) is 0.417. The van der Waals surface area contributed by atoms with Gasteiger partial charge in [0.2, 0.25) is 0 Å². The van der Waals surface area contributed by atoms with E-state index in [1.807, 2.05) is 26.0 Å². The van der Waals surface area contributed by atoms with Crippen molar-refractivity contribution in [1.82, 2.24) is 0 Å². The van der Waals surface area contributed by atoms with Gasteiger partial charge in [-0.15, -0.1) is 0 Å². The molecular formula is C12H15ClO3. The molecule has 0 aromatic heterocycles. The lowest BCUT2D eigenvalue weighted by Gasteiger charge is -2.08. The average molecular weight is 243 g/mol. The quantitative estimate of drug-likeness (QED) is 0.808. The Kier molecular flexibility index (Phi) is 4.77. The SMILES string of the molecule is Cc1cc(Cl)c(CCOCC(=O)O)cc1C. The first kappa shape index (κ1) is 13.0. The van der Waals surface area contributed by atoms with Gasteiger partial charge in [0, 0.05) is 5.02 Å². The molecule has 0 radical (unpaired) electrons. The second kappa shape index (κ2) is 5.87. The third kappa shape index (κ3) is 3.83. The maximum atomic E-state index is 10.2. The van der Waals surface area contributed by atoms with Crippen molar-refractivity contribution in [3.8, 4) is 0 Å². The van der Waals surface area contributed by atoms with E-state index in [1.165, 1.54) is 5.56 Å². The van der Waals surface area contributed by atoms with E-state index in [1.54, 1.807) is 0 Å². The molecule has 0 amide bonds. The van der Waals surface area contributed by atoms with E-state index >= 15 is 0 Å². The first-order valence-corrected chi connectivity index (χ1v) is 5.43. The number of carbonyl (C=O) groups is 1. The van der Waals surface area contributed by atoms with E-state index in [0.717, 1.165) is 11.1 Å². The molecule has 0 fully saturated rings. The van der Waals surface area contributed by atoms with Crippen LogP contribution in [-0.4, -0.2) is 24.3 Å². The Bertz CT molecular complexity index is 388. The van der Waals surface area contributed by atoms with Gasteiger partial charge < -0.3 is 9.84 Å². The molecule has 0 aliphatic carbocycles. The van der Waals surface area contributed by atoms with Crippen LogP contribution in [0, 0.1) is 13.8 Å². The van der Waals surface area contributed by atoms with Crippen LogP contribution in [-0.2, 0) is 16.0 Å². The molecule has 0 saturated heterocycles. The maximum absolute atomic E-state index is 10.2. The first-order valence-electron chi connectivity index (χ1n) is 5.06. The molecule has 3 nitrogen and oxygen atoms in total. The van der Waals surface area contributed by atoms with Gasteiger partial charge in [0.15, 0.2) is 0 Å². The molecule has 16 heavy (non-hydrogen) atoms. The number of rotatable bonds is 5. The van der Waals surface area contributed by atoms with Crippen molar-refractivity contribution < 1.29 is 14.6 Å². The van der Waals surface area contributed by atoms with Crippen molar-refractivity contribution >= 4 is 17.6 Å². The Labute approximate surface area is 100.0 Å². The number of benzene rings is 1. The van der Waals surface area contributed by atoms with Crippen LogP contribution in [0.25, 0.3) is 0 Å². The highest BCUT2D eigenvalue weighted by Crippen LogP contribution is 2.21. The number of hydrogen-bond acceptors (Lipinski definition) is 2. The van der Waals surface area contributed by atoms with Gasteiger partial charge in [-0.3, -0.25) is 0 Å². The van der Waals surface area contributed by atoms with Gasteiger partial charge in [0.1, 0.15) is 6.61 Å². The summed E-state index contributed by atoms with van der Waals surface area (Å²) in [5.41, 5.74) is 3.33. The average Bonchev–Trinajstić information content (AvgIpc) is 2.19. The van der Waals surface area contributed by atoms with Crippen molar-refractivity contribution in [1.29, 1.82) is 0 Å². The van der Waals surface area contributed by atoms with Gasteiger partial charge in [-0.2, -0.15) is 0 Å². The Morgan fingerprint density at radius 2 is 2.00 bits per heavy atom. The minimum absolute atomic E-state index is 0.261. The topological polar surface area (TPSA) is 46.5 Å². The minimum Gasteiger partial charge on any atom is -0.480 e. The zero-order chi connectivity index (χ0) is 12.1. The third-order valence-electron chi connectivity index (χ3n) is 2.40. The summed E-state index contributed by atoms with van der Waals surface area (Å²) in [6.45, 7) is 4.14. The van der Waals surface area contributed by atoms with E-state index in [2.05, 4.69) is 0 Å². The smallest absolute Gasteiger partial charge is 0.329 e. The fourth-order valence-electron chi connectivity index (χ4n) is 1.37. The van der Waals surface area contributed by atoms with Crippen LogP contribution in [0.4, 0.5) is 0 Å². The van der Waals surface area contributed by atoms with Crippen molar-refractivity contribution in [3.05, 3.63) is 33.8 Å². The molecular weight excluding hydrogens is 228 g/mol. The van der Waals surface area contributed by atoms with Gasteiger partial charge in [-0.05, 0) is 43.0 Å². The van der Waals surface area contributed by atoms with Gasteiger partial charge in [-0.25, -0.2) is 4.79 Å². The van der Waals surface area contributed by atoms with Crippen molar-refractivity contribution in [2.45, 2.75) is 20.3 Å². The molecule has 1 aromatic rings. The normalized spacial score (nSPS) is 10.4. The molecule has 0 aliphatic heterocycles. The molecule has 0 spiro atoms. The molecule has 88 valence electrons. The van der Waals surface area contributed by atoms with Crippen molar-refractivity contribution in [2.24, 2.45) is 0 Å². The molecule has 0 atom stereocenters. The summed E-state index contributed by atoms with van der Waals surface area (Å²) in [6, 6.07) is 3.94. The second-order valence-electron chi connectivity index (χ2n) is 3.72. The van der Waals surface area contributed by atoms with E-state index in [9.17, 15) is 4.79 Å². The molecule has 1 aromatic carbocycles. The predicted octanol–water partition coefficient (Wildman–Crippen LogP) is 2.60. The number of aryl methyl sites for hydroxylation is 2. The van der Waals surface area contributed by atoms with Gasteiger partial charge >= 0.3 is 5.97 Å². The molecule has 0 unspecified atom stereocenters. The van der Waals surface area contributed by atoms with Crippen LogP contribution in [0.2, 0.25) is 5.02 Å². The van der Waals surface area contributed by atoms with Crippen LogP contribution in [0.5, 0.6) is 0 Å². The highest BCUT2D eigenvalue weighted by Gasteiger charge is 2.04. The molecule has 4 heteroatoms. The summed E-state index contributed by atoms with van der Waals surface area (Å²) >= 11 is 6.07. The highest BCUT2D eigenvalue weighted by atomic mass is 35.5. The summed E-state index contributed by atoms with van der Waals surface area (Å²) < 4.78 is 4.97. The number of hydrogen-bond donors (Lipinski definition) is 1. The monoisotopic (exact) mass is 242 g/mol. The Morgan fingerprint density at radius 1 is 1.38 bits per heavy atom. The molecule has 0 saturated carbocycles. The summed E-state index contributed by atoms with van der Waals surface area (Å²) in [5.74, 6) is -0.953. The minimum atomic E-state index is -0.953. The zero-order valence-electron chi connectivity index (χ0n) is 9.42. The van der Waals surface area contributed by atoms with Crippen molar-refractivity contribution in [3.63, 3.8) is 0 Å². The van der Waals surface area contributed by atoms with E-state index < -0.39 is 5.97 Å². The molecule has 1 N–H and O–H groups in total. The van der Waals surface area contributed by atoms with E-state index in [-0.39, 0.29) is 6.61 Å². The van der Waals surface area contributed by atoms with E-state index in [0.29, 0.717) is 18.1 Å². The van der Waals surface area contributed by atoms with Crippen LogP contribution >= 0.6 is 11.6 Å². The largest absolute Gasteiger partial charge is 0.480 e. The molecule has 1 rings (SSSR count). The second-order valence-corrected chi connectivity index (χ2v) is 4.13. The first-order chi connectivity index (χ1) is 7.50. The highest BCUT2D eigenvalue weighted by molar-refractivity contribution is 6.31. The lowest BCUT2D eigenvalue weighted by molar-refractivity contribution is -0.142. The summed E-state index contributed by atoms with van der Waals surface area (Å²) in [4.78, 5) is 10.2.